The van der Waals surface area contributed by atoms with Crippen LogP contribution < -0.4 is 0 Å². The smallest absolute Gasteiger partial charge is 0.246 e. The Kier molecular flexibility index (Phi) is 5.67. The van der Waals surface area contributed by atoms with Gasteiger partial charge in [0.2, 0.25) is 5.91 Å². The summed E-state index contributed by atoms with van der Waals surface area (Å²) in [6, 6.07) is 5.31. The molecule has 1 atom stereocenters. The van der Waals surface area contributed by atoms with Crippen molar-refractivity contribution in [3.8, 4) is 0 Å². The molecule has 0 N–H and O–H groups in total. The molecule has 1 aliphatic rings. The Labute approximate surface area is 158 Å². The van der Waals surface area contributed by atoms with E-state index in [1.54, 1.807) is 11.0 Å². The Morgan fingerprint density at radius 2 is 2.27 bits per heavy atom. The van der Waals surface area contributed by atoms with E-state index >= 15 is 0 Å². The number of carbonyl (C=O) groups is 1. The molecule has 8 heteroatoms. The van der Waals surface area contributed by atoms with E-state index < -0.39 is 9.84 Å². The summed E-state index contributed by atoms with van der Waals surface area (Å²) in [5.41, 5.74) is 1.33. The first-order chi connectivity index (χ1) is 12.4. The van der Waals surface area contributed by atoms with E-state index in [1.807, 2.05) is 35.7 Å². The van der Waals surface area contributed by atoms with Crippen molar-refractivity contribution in [1.29, 1.82) is 0 Å². The van der Waals surface area contributed by atoms with E-state index in [9.17, 15) is 13.2 Å². The van der Waals surface area contributed by atoms with Crippen molar-refractivity contribution < 1.29 is 13.2 Å². The zero-order valence-corrected chi connectivity index (χ0v) is 16.2. The second-order valence-electron chi connectivity index (χ2n) is 6.49. The molecule has 2 aromatic heterocycles. The van der Waals surface area contributed by atoms with Crippen LogP contribution >= 0.6 is 11.6 Å². The highest BCUT2D eigenvalue weighted by atomic mass is 35.5. The monoisotopic (exact) mass is 395 g/mol. The standard InChI is InChI=1S/C18H22ClN3O3S/c1-2-3-10-21(14-9-12-26(24,25)13-14)17(23)8-7-15-18(19)20-16-6-4-5-11-22(15)16/h4-8,11,14H,2-3,9-10,12-13H2,1H3/b8-7-/t14-/m1/s1. The average molecular weight is 396 g/mol. The lowest BCUT2D eigenvalue weighted by Gasteiger charge is -2.27. The molecule has 3 heterocycles. The normalized spacial score (nSPS) is 19.4. The number of fused-ring (bicyclic) bond motifs is 1. The van der Waals surface area contributed by atoms with E-state index in [-0.39, 0.29) is 23.5 Å². The largest absolute Gasteiger partial charge is 0.335 e. The molecule has 6 nitrogen and oxygen atoms in total. The van der Waals surface area contributed by atoms with Gasteiger partial charge >= 0.3 is 0 Å². The molecule has 0 aliphatic carbocycles. The SMILES string of the molecule is CCCCN(C(=O)/C=C\c1c(Cl)nc2ccccn12)[C@@H]1CCS(=O)(=O)C1. The number of sulfone groups is 1. The maximum absolute atomic E-state index is 12.8. The molecule has 0 bridgehead atoms. The van der Waals surface area contributed by atoms with Gasteiger partial charge in [-0.25, -0.2) is 13.4 Å². The quantitative estimate of drug-likeness (QED) is 0.705. The zero-order chi connectivity index (χ0) is 18.7. The summed E-state index contributed by atoms with van der Waals surface area (Å²) < 4.78 is 25.4. The molecule has 26 heavy (non-hydrogen) atoms. The van der Waals surface area contributed by atoms with Crippen LogP contribution in [0, 0.1) is 0 Å². The minimum Gasteiger partial charge on any atom is -0.335 e. The fourth-order valence-corrected chi connectivity index (χ4v) is 5.17. The van der Waals surface area contributed by atoms with Gasteiger partial charge in [-0.15, -0.1) is 0 Å². The highest BCUT2D eigenvalue weighted by Gasteiger charge is 2.33. The molecule has 0 spiro atoms. The molecule has 0 saturated carbocycles. The molecular weight excluding hydrogens is 374 g/mol. The summed E-state index contributed by atoms with van der Waals surface area (Å²) in [4.78, 5) is 18.7. The number of imidazole rings is 1. The number of aromatic nitrogens is 2. The minimum absolute atomic E-state index is 0.0483. The van der Waals surface area contributed by atoms with E-state index in [1.165, 1.54) is 6.08 Å². The van der Waals surface area contributed by atoms with Gasteiger partial charge in [0.15, 0.2) is 15.0 Å². The Morgan fingerprint density at radius 3 is 2.96 bits per heavy atom. The van der Waals surface area contributed by atoms with Gasteiger partial charge in [0, 0.05) is 24.9 Å². The number of unbranched alkanes of at least 4 members (excludes halogenated alkanes) is 1. The topological polar surface area (TPSA) is 71.8 Å². The third kappa shape index (κ3) is 4.10. The van der Waals surface area contributed by atoms with Gasteiger partial charge < -0.3 is 4.90 Å². The molecule has 2 aromatic rings. The van der Waals surface area contributed by atoms with Crippen LogP contribution in [0.15, 0.2) is 30.5 Å². The number of pyridine rings is 1. The predicted molar refractivity (Wildman–Crippen MR) is 103 cm³/mol. The highest BCUT2D eigenvalue weighted by molar-refractivity contribution is 7.91. The minimum atomic E-state index is -3.05. The van der Waals surface area contributed by atoms with Gasteiger partial charge in [0.1, 0.15) is 5.65 Å². The summed E-state index contributed by atoms with van der Waals surface area (Å²) in [6.07, 6.45) is 7.22. The number of amides is 1. The Balaban J connectivity index is 1.82. The lowest BCUT2D eigenvalue weighted by atomic mass is 10.2. The summed E-state index contributed by atoms with van der Waals surface area (Å²) >= 11 is 6.19. The molecule has 3 rings (SSSR count). The Hall–Kier alpha value is -1.86. The molecule has 0 unspecified atom stereocenters. The maximum atomic E-state index is 12.8. The molecule has 0 radical (unpaired) electrons. The van der Waals surface area contributed by atoms with Gasteiger partial charge in [0.25, 0.3) is 0 Å². The molecule has 1 fully saturated rings. The maximum Gasteiger partial charge on any atom is 0.246 e. The molecule has 1 amide bonds. The van der Waals surface area contributed by atoms with Crippen LogP contribution in [0.1, 0.15) is 31.9 Å². The van der Waals surface area contributed by atoms with Crippen LogP contribution in [-0.4, -0.2) is 52.7 Å². The van der Waals surface area contributed by atoms with Crippen LogP contribution in [0.2, 0.25) is 5.15 Å². The second-order valence-corrected chi connectivity index (χ2v) is 9.08. The van der Waals surface area contributed by atoms with Crippen molar-refractivity contribution in [2.45, 2.75) is 32.2 Å². The summed E-state index contributed by atoms with van der Waals surface area (Å²) in [6.45, 7) is 2.60. The number of rotatable bonds is 6. The molecule has 140 valence electrons. The highest BCUT2D eigenvalue weighted by Crippen LogP contribution is 2.21. The summed E-state index contributed by atoms with van der Waals surface area (Å²) in [5, 5.41) is 0.323. The number of carbonyl (C=O) groups excluding carboxylic acids is 1. The lowest BCUT2D eigenvalue weighted by Crippen LogP contribution is -2.40. The average Bonchev–Trinajstić information content (AvgIpc) is 3.12. The zero-order valence-electron chi connectivity index (χ0n) is 14.6. The van der Waals surface area contributed by atoms with Crippen molar-refractivity contribution in [2.24, 2.45) is 0 Å². The lowest BCUT2D eigenvalue weighted by molar-refractivity contribution is -0.127. The predicted octanol–water partition coefficient (Wildman–Crippen LogP) is 2.82. The number of hydrogen-bond donors (Lipinski definition) is 0. The molecule has 1 aliphatic heterocycles. The van der Waals surface area contributed by atoms with E-state index in [0.29, 0.717) is 29.5 Å². The van der Waals surface area contributed by atoms with Gasteiger partial charge in [-0.1, -0.05) is 31.0 Å². The van der Waals surface area contributed by atoms with Crippen molar-refractivity contribution in [3.05, 3.63) is 41.3 Å². The first-order valence-corrected chi connectivity index (χ1v) is 10.9. The molecular formula is C18H22ClN3O3S. The first-order valence-electron chi connectivity index (χ1n) is 8.73. The van der Waals surface area contributed by atoms with E-state index in [0.717, 1.165) is 12.8 Å². The summed E-state index contributed by atoms with van der Waals surface area (Å²) in [5.74, 6) is 0.00533. The van der Waals surface area contributed by atoms with Gasteiger partial charge in [-0.3, -0.25) is 9.20 Å². The van der Waals surface area contributed by atoms with Crippen molar-refractivity contribution in [3.63, 3.8) is 0 Å². The van der Waals surface area contributed by atoms with Crippen LogP contribution in [0.5, 0.6) is 0 Å². The summed E-state index contributed by atoms with van der Waals surface area (Å²) in [7, 11) is -3.05. The fraction of sp³-hybridized carbons (Fsp3) is 0.444. The fourth-order valence-electron chi connectivity index (χ4n) is 3.20. The van der Waals surface area contributed by atoms with Crippen LogP contribution in [0.25, 0.3) is 11.7 Å². The number of hydrogen-bond acceptors (Lipinski definition) is 4. The second kappa shape index (κ2) is 7.80. The van der Waals surface area contributed by atoms with Crippen molar-refractivity contribution >= 4 is 39.1 Å². The number of halogens is 1. The van der Waals surface area contributed by atoms with E-state index in [2.05, 4.69) is 4.98 Å². The van der Waals surface area contributed by atoms with Crippen molar-refractivity contribution in [1.82, 2.24) is 14.3 Å². The number of nitrogens with zero attached hydrogens (tertiary/aromatic N) is 3. The third-order valence-electron chi connectivity index (χ3n) is 4.59. The van der Waals surface area contributed by atoms with Gasteiger partial charge in [0.05, 0.1) is 17.2 Å². The van der Waals surface area contributed by atoms with Gasteiger partial charge in [-0.05, 0) is 31.1 Å². The Bertz CT molecular complexity index is 936. The first kappa shape index (κ1) is 18.9. The molecule has 1 saturated heterocycles. The Morgan fingerprint density at radius 1 is 1.46 bits per heavy atom. The third-order valence-corrected chi connectivity index (χ3v) is 6.62. The van der Waals surface area contributed by atoms with Gasteiger partial charge in [-0.2, -0.15) is 0 Å². The van der Waals surface area contributed by atoms with Crippen LogP contribution in [-0.2, 0) is 14.6 Å². The van der Waals surface area contributed by atoms with Crippen molar-refractivity contribution in [2.75, 3.05) is 18.1 Å². The molecule has 0 aromatic carbocycles. The van der Waals surface area contributed by atoms with Crippen LogP contribution in [0.4, 0.5) is 0 Å². The van der Waals surface area contributed by atoms with Crippen LogP contribution in [0.3, 0.4) is 0 Å². The van der Waals surface area contributed by atoms with E-state index in [4.69, 9.17) is 11.6 Å².